The molecule has 0 radical (unpaired) electrons. The first-order valence-electron chi connectivity index (χ1n) is 8.48. The molecule has 3 rings (SSSR count). The van der Waals surface area contributed by atoms with E-state index in [0.29, 0.717) is 6.54 Å². The Labute approximate surface area is 152 Å². The van der Waals surface area contributed by atoms with Gasteiger partial charge in [-0.05, 0) is 43.0 Å². The Bertz CT molecular complexity index is 870. The van der Waals surface area contributed by atoms with Gasteiger partial charge < -0.3 is 10.2 Å². The van der Waals surface area contributed by atoms with Crippen molar-refractivity contribution < 1.29 is 4.79 Å². The Morgan fingerprint density at radius 2 is 2.04 bits per heavy atom. The van der Waals surface area contributed by atoms with Crippen molar-refractivity contribution in [2.24, 2.45) is 7.05 Å². The highest BCUT2D eigenvalue weighted by atomic mass is 16.2. The number of nitrogens with zero attached hydrogens (tertiary/aromatic N) is 6. The van der Waals surface area contributed by atoms with Crippen LogP contribution in [0.25, 0.3) is 5.69 Å². The molecule has 0 aliphatic carbocycles. The maximum Gasteiger partial charge on any atom is 0.321 e. The second-order valence-corrected chi connectivity index (χ2v) is 6.35. The van der Waals surface area contributed by atoms with E-state index in [2.05, 4.69) is 20.6 Å². The molecule has 0 bridgehead atoms. The fourth-order valence-electron chi connectivity index (χ4n) is 2.67. The third-order valence-corrected chi connectivity index (χ3v) is 4.24. The molecule has 0 atom stereocenters. The molecule has 1 N–H and O–H groups in total. The predicted octanol–water partition coefficient (Wildman–Crippen LogP) is 2.41. The molecule has 136 valence electrons. The Morgan fingerprint density at radius 3 is 2.73 bits per heavy atom. The van der Waals surface area contributed by atoms with Gasteiger partial charge in [-0.2, -0.15) is 5.10 Å². The summed E-state index contributed by atoms with van der Waals surface area (Å²) in [5, 5.41) is 14.8. The summed E-state index contributed by atoms with van der Waals surface area (Å²) in [6.07, 6.45) is 8.89. The lowest BCUT2D eigenvalue weighted by molar-refractivity contribution is 0.222. The summed E-state index contributed by atoms with van der Waals surface area (Å²) in [5.74, 6) is 0. The van der Waals surface area contributed by atoms with Gasteiger partial charge in [-0.1, -0.05) is 6.07 Å². The van der Waals surface area contributed by atoms with Crippen LogP contribution in [-0.4, -0.2) is 49.1 Å². The number of anilines is 1. The molecule has 0 aliphatic rings. The minimum atomic E-state index is -0.125. The van der Waals surface area contributed by atoms with E-state index in [4.69, 9.17) is 0 Å². The number of benzene rings is 1. The van der Waals surface area contributed by atoms with Gasteiger partial charge >= 0.3 is 6.03 Å². The maximum absolute atomic E-state index is 12.5. The zero-order chi connectivity index (χ0) is 18.5. The Balaban J connectivity index is 1.57. The fourth-order valence-corrected chi connectivity index (χ4v) is 2.67. The molecule has 0 aliphatic heterocycles. The monoisotopic (exact) mass is 353 g/mol. The van der Waals surface area contributed by atoms with Crippen molar-refractivity contribution in [2.75, 3.05) is 18.9 Å². The molecule has 0 unspecified atom stereocenters. The zero-order valence-corrected chi connectivity index (χ0v) is 15.3. The van der Waals surface area contributed by atoms with E-state index in [1.165, 1.54) is 5.56 Å². The highest BCUT2D eigenvalue weighted by molar-refractivity contribution is 5.90. The molecule has 2 aromatic heterocycles. The number of carbonyl (C=O) groups is 1. The van der Waals surface area contributed by atoms with Crippen LogP contribution in [0.4, 0.5) is 10.5 Å². The Hall–Kier alpha value is -3.16. The second-order valence-electron chi connectivity index (χ2n) is 6.35. The fraction of sp³-hybridized carbons (Fsp3) is 0.333. The largest absolute Gasteiger partial charge is 0.328 e. The van der Waals surface area contributed by atoms with Crippen molar-refractivity contribution in [1.82, 2.24) is 29.4 Å². The SMILES string of the molecule is Cc1ccc(-n2cnnc2)cc1NC(=O)N(C)CCCc1cnn(C)c1. The molecule has 8 heteroatoms. The number of carbonyl (C=O) groups excluding carboxylic acids is 1. The molecular formula is C18H23N7O. The molecule has 3 aromatic rings. The molecule has 0 saturated carbocycles. The lowest BCUT2D eigenvalue weighted by Crippen LogP contribution is -2.32. The van der Waals surface area contributed by atoms with Gasteiger partial charge in [0, 0.05) is 32.5 Å². The van der Waals surface area contributed by atoms with Crippen LogP contribution in [0.3, 0.4) is 0 Å². The van der Waals surface area contributed by atoms with Crippen molar-refractivity contribution in [1.29, 1.82) is 0 Å². The van der Waals surface area contributed by atoms with Gasteiger partial charge in [-0.3, -0.25) is 9.25 Å². The van der Waals surface area contributed by atoms with Crippen molar-refractivity contribution in [2.45, 2.75) is 19.8 Å². The van der Waals surface area contributed by atoms with E-state index in [1.807, 2.05) is 44.6 Å². The minimum Gasteiger partial charge on any atom is -0.328 e. The van der Waals surface area contributed by atoms with Crippen LogP contribution in [0.1, 0.15) is 17.5 Å². The number of amides is 2. The van der Waals surface area contributed by atoms with Crippen LogP contribution in [0.5, 0.6) is 0 Å². The molecule has 2 amide bonds. The summed E-state index contributed by atoms with van der Waals surface area (Å²) in [5.41, 5.74) is 3.85. The number of urea groups is 1. The van der Waals surface area contributed by atoms with Gasteiger partial charge in [0.15, 0.2) is 0 Å². The van der Waals surface area contributed by atoms with Crippen molar-refractivity contribution in [3.05, 3.63) is 54.4 Å². The maximum atomic E-state index is 12.5. The molecule has 0 saturated heterocycles. The first-order valence-corrected chi connectivity index (χ1v) is 8.48. The van der Waals surface area contributed by atoms with Gasteiger partial charge in [0.2, 0.25) is 0 Å². The standard InChI is InChI=1S/C18H23N7O/c1-14-6-7-16(25-12-19-20-13-25)9-17(14)22-18(26)23(2)8-4-5-15-10-21-24(3)11-15/h6-7,9-13H,4-5,8H2,1-3H3,(H,22,26). The molecular weight excluding hydrogens is 330 g/mol. The molecule has 2 heterocycles. The number of hydrogen-bond donors (Lipinski definition) is 1. The van der Waals surface area contributed by atoms with E-state index in [9.17, 15) is 4.79 Å². The lowest BCUT2D eigenvalue weighted by Gasteiger charge is -2.19. The summed E-state index contributed by atoms with van der Waals surface area (Å²) in [4.78, 5) is 14.2. The van der Waals surface area contributed by atoms with Gasteiger partial charge in [-0.15, -0.1) is 10.2 Å². The van der Waals surface area contributed by atoms with Gasteiger partial charge in [0.25, 0.3) is 0 Å². The van der Waals surface area contributed by atoms with Crippen LogP contribution in [0.15, 0.2) is 43.2 Å². The van der Waals surface area contributed by atoms with Gasteiger partial charge in [0.1, 0.15) is 12.7 Å². The van der Waals surface area contributed by atoms with Crippen LogP contribution >= 0.6 is 0 Å². The minimum absolute atomic E-state index is 0.125. The van der Waals surface area contributed by atoms with E-state index in [1.54, 1.807) is 33.9 Å². The van der Waals surface area contributed by atoms with E-state index in [0.717, 1.165) is 29.8 Å². The zero-order valence-electron chi connectivity index (χ0n) is 15.3. The number of nitrogens with one attached hydrogen (secondary N) is 1. The average molecular weight is 353 g/mol. The van der Waals surface area contributed by atoms with Crippen LogP contribution < -0.4 is 5.32 Å². The summed E-state index contributed by atoms with van der Waals surface area (Å²) < 4.78 is 3.59. The van der Waals surface area contributed by atoms with E-state index in [-0.39, 0.29) is 6.03 Å². The number of aromatic nitrogens is 5. The molecule has 26 heavy (non-hydrogen) atoms. The molecule has 0 spiro atoms. The van der Waals surface area contributed by atoms with Crippen molar-refractivity contribution in [3.8, 4) is 5.69 Å². The molecule has 0 fully saturated rings. The smallest absolute Gasteiger partial charge is 0.321 e. The second kappa shape index (κ2) is 7.81. The average Bonchev–Trinajstić information content (AvgIpc) is 3.28. The van der Waals surface area contributed by atoms with E-state index >= 15 is 0 Å². The Morgan fingerprint density at radius 1 is 1.27 bits per heavy atom. The highest BCUT2D eigenvalue weighted by Crippen LogP contribution is 2.19. The third-order valence-electron chi connectivity index (χ3n) is 4.24. The number of hydrogen-bond acceptors (Lipinski definition) is 4. The van der Waals surface area contributed by atoms with Crippen molar-refractivity contribution >= 4 is 11.7 Å². The summed E-state index contributed by atoms with van der Waals surface area (Å²) >= 11 is 0. The molecule has 8 nitrogen and oxygen atoms in total. The van der Waals surface area contributed by atoms with E-state index < -0.39 is 0 Å². The number of aryl methyl sites for hydroxylation is 3. The lowest BCUT2D eigenvalue weighted by atomic mass is 10.1. The Kier molecular flexibility index (Phi) is 5.31. The van der Waals surface area contributed by atoms with Gasteiger partial charge in [-0.25, -0.2) is 4.79 Å². The highest BCUT2D eigenvalue weighted by Gasteiger charge is 2.11. The summed E-state index contributed by atoms with van der Waals surface area (Å²) in [6.45, 7) is 2.64. The normalized spacial score (nSPS) is 10.7. The first kappa shape index (κ1) is 17.7. The quantitative estimate of drug-likeness (QED) is 0.738. The third kappa shape index (κ3) is 4.27. The molecule has 1 aromatic carbocycles. The first-order chi connectivity index (χ1) is 12.5. The van der Waals surface area contributed by atoms with Crippen molar-refractivity contribution in [3.63, 3.8) is 0 Å². The summed E-state index contributed by atoms with van der Waals surface area (Å²) in [6, 6.07) is 5.72. The van der Waals surface area contributed by atoms with Crippen LogP contribution in [0, 0.1) is 6.92 Å². The predicted molar refractivity (Wildman–Crippen MR) is 99.3 cm³/mol. The van der Waals surface area contributed by atoms with Gasteiger partial charge in [0.05, 0.1) is 11.9 Å². The van der Waals surface area contributed by atoms with Crippen LogP contribution in [0.2, 0.25) is 0 Å². The summed E-state index contributed by atoms with van der Waals surface area (Å²) in [7, 11) is 3.71. The number of rotatable bonds is 6. The topological polar surface area (TPSA) is 80.9 Å². The van der Waals surface area contributed by atoms with Crippen LogP contribution in [-0.2, 0) is 13.5 Å².